The van der Waals surface area contributed by atoms with E-state index in [1.54, 1.807) is 12.0 Å². The molecule has 1 aliphatic carbocycles. The lowest BCUT2D eigenvalue weighted by atomic mass is 10.3. The van der Waals surface area contributed by atoms with Crippen LogP contribution in [0.25, 0.3) is 0 Å². The fraction of sp³-hybridized carbons (Fsp3) is 0.778. The van der Waals surface area contributed by atoms with Crippen LogP contribution in [0.5, 0.6) is 0 Å². The maximum atomic E-state index is 11.4. The lowest BCUT2D eigenvalue weighted by molar-refractivity contribution is -0.131. The van der Waals surface area contributed by atoms with Gasteiger partial charge in [-0.2, -0.15) is 5.26 Å². The van der Waals surface area contributed by atoms with E-state index in [1.807, 2.05) is 6.07 Å². The Labute approximate surface area is 78.1 Å². The van der Waals surface area contributed by atoms with Gasteiger partial charge in [0.05, 0.1) is 12.7 Å². The van der Waals surface area contributed by atoms with Gasteiger partial charge in [-0.3, -0.25) is 4.79 Å². The van der Waals surface area contributed by atoms with E-state index >= 15 is 0 Å². The summed E-state index contributed by atoms with van der Waals surface area (Å²) in [6, 6.07) is 2.25. The summed E-state index contributed by atoms with van der Waals surface area (Å²) in [4.78, 5) is 13.1. The number of hydrogen-bond acceptors (Lipinski definition) is 3. The van der Waals surface area contributed by atoms with Crippen molar-refractivity contribution in [1.82, 2.24) is 4.90 Å². The molecular formula is C9H14N2O2. The molecule has 13 heavy (non-hydrogen) atoms. The summed E-state index contributed by atoms with van der Waals surface area (Å²) in [5, 5.41) is 8.38. The second-order valence-electron chi connectivity index (χ2n) is 3.15. The third kappa shape index (κ3) is 3.03. The fourth-order valence-electron chi connectivity index (χ4n) is 1.26. The summed E-state index contributed by atoms with van der Waals surface area (Å²) in [6.45, 7) is 1.16. The summed E-state index contributed by atoms with van der Waals surface area (Å²) >= 11 is 0. The number of rotatable bonds is 5. The minimum absolute atomic E-state index is 0.0137. The molecule has 0 bridgehead atoms. The van der Waals surface area contributed by atoms with E-state index in [0.29, 0.717) is 19.2 Å². The Balaban J connectivity index is 2.37. The van der Waals surface area contributed by atoms with Crippen molar-refractivity contribution in [1.29, 1.82) is 5.26 Å². The van der Waals surface area contributed by atoms with Crippen molar-refractivity contribution in [3.8, 4) is 6.07 Å². The zero-order valence-electron chi connectivity index (χ0n) is 7.82. The Hall–Kier alpha value is -1.08. The highest BCUT2D eigenvalue weighted by molar-refractivity contribution is 5.78. The first-order valence-corrected chi connectivity index (χ1v) is 4.45. The Kier molecular flexibility index (Phi) is 3.71. The molecule has 4 nitrogen and oxygen atoms in total. The number of methoxy groups -OCH3 is 1. The van der Waals surface area contributed by atoms with Gasteiger partial charge in [0.1, 0.15) is 6.42 Å². The topological polar surface area (TPSA) is 53.3 Å². The van der Waals surface area contributed by atoms with E-state index in [0.717, 1.165) is 12.8 Å². The van der Waals surface area contributed by atoms with Crippen molar-refractivity contribution < 1.29 is 9.53 Å². The fourth-order valence-corrected chi connectivity index (χ4v) is 1.26. The number of ether oxygens (including phenoxy) is 1. The Morgan fingerprint density at radius 3 is 2.85 bits per heavy atom. The predicted molar refractivity (Wildman–Crippen MR) is 46.8 cm³/mol. The molecule has 0 unspecified atom stereocenters. The average Bonchev–Trinajstić information content (AvgIpc) is 2.89. The summed E-state index contributed by atoms with van der Waals surface area (Å²) in [5.74, 6) is -0.0675. The number of carbonyl (C=O) groups excluding carboxylic acids is 1. The Morgan fingerprint density at radius 2 is 2.38 bits per heavy atom. The summed E-state index contributed by atoms with van der Waals surface area (Å²) < 4.78 is 4.90. The highest BCUT2D eigenvalue weighted by Crippen LogP contribution is 2.26. The van der Waals surface area contributed by atoms with Crippen molar-refractivity contribution in [2.75, 3.05) is 20.3 Å². The first-order valence-electron chi connectivity index (χ1n) is 4.45. The van der Waals surface area contributed by atoms with Gasteiger partial charge in [0, 0.05) is 19.7 Å². The lowest BCUT2D eigenvalue weighted by Crippen LogP contribution is -2.35. The molecule has 1 saturated carbocycles. The van der Waals surface area contributed by atoms with Crippen LogP contribution in [0.1, 0.15) is 19.3 Å². The van der Waals surface area contributed by atoms with E-state index in [1.165, 1.54) is 0 Å². The molecule has 1 amide bonds. The molecule has 72 valence electrons. The molecule has 0 N–H and O–H groups in total. The summed E-state index contributed by atoms with van der Waals surface area (Å²) in [6.07, 6.45) is 2.13. The van der Waals surface area contributed by atoms with Gasteiger partial charge in [-0.1, -0.05) is 0 Å². The monoisotopic (exact) mass is 182 g/mol. The summed E-state index contributed by atoms with van der Waals surface area (Å²) in [5.41, 5.74) is 0. The van der Waals surface area contributed by atoms with E-state index in [9.17, 15) is 4.79 Å². The van der Waals surface area contributed by atoms with Crippen LogP contribution in [-0.4, -0.2) is 37.1 Å². The van der Waals surface area contributed by atoms with Crippen molar-refractivity contribution in [2.45, 2.75) is 25.3 Å². The van der Waals surface area contributed by atoms with Crippen LogP contribution in [0.15, 0.2) is 0 Å². The molecule has 0 heterocycles. The van der Waals surface area contributed by atoms with Crippen molar-refractivity contribution in [3.05, 3.63) is 0 Å². The van der Waals surface area contributed by atoms with Crippen LogP contribution < -0.4 is 0 Å². The van der Waals surface area contributed by atoms with Crippen molar-refractivity contribution >= 4 is 5.91 Å². The average molecular weight is 182 g/mol. The maximum Gasteiger partial charge on any atom is 0.237 e. The van der Waals surface area contributed by atoms with Gasteiger partial charge in [-0.15, -0.1) is 0 Å². The zero-order valence-corrected chi connectivity index (χ0v) is 7.82. The molecule has 0 radical (unpaired) electrons. The second-order valence-corrected chi connectivity index (χ2v) is 3.15. The number of carbonyl (C=O) groups is 1. The minimum Gasteiger partial charge on any atom is -0.383 e. The quantitative estimate of drug-likeness (QED) is 0.623. The van der Waals surface area contributed by atoms with Gasteiger partial charge in [-0.05, 0) is 12.8 Å². The van der Waals surface area contributed by atoms with Gasteiger partial charge >= 0.3 is 0 Å². The number of hydrogen-bond donors (Lipinski definition) is 0. The zero-order chi connectivity index (χ0) is 9.68. The van der Waals surface area contributed by atoms with Gasteiger partial charge < -0.3 is 9.64 Å². The SMILES string of the molecule is COCCN(C(=O)CC#N)C1CC1. The van der Waals surface area contributed by atoms with Crippen LogP contribution >= 0.6 is 0 Å². The molecule has 0 aromatic carbocycles. The Bertz CT molecular complexity index is 218. The molecule has 4 heteroatoms. The van der Waals surface area contributed by atoms with E-state index in [-0.39, 0.29) is 12.3 Å². The van der Waals surface area contributed by atoms with Gasteiger partial charge in [0.15, 0.2) is 0 Å². The smallest absolute Gasteiger partial charge is 0.237 e. The standard InChI is InChI=1S/C9H14N2O2/c1-13-7-6-11(8-2-3-8)9(12)4-5-10/h8H,2-4,6-7H2,1H3. The first kappa shape index (κ1) is 10.0. The highest BCUT2D eigenvalue weighted by Gasteiger charge is 2.31. The minimum atomic E-state index is -0.0675. The maximum absolute atomic E-state index is 11.4. The third-order valence-corrected chi connectivity index (χ3v) is 2.07. The van der Waals surface area contributed by atoms with E-state index in [4.69, 9.17) is 10.00 Å². The molecule has 0 saturated heterocycles. The molecule has 1 rings (SSSR count). The molecule has 0 atom stereocenters. The largest absolute Gasteiger partial charge is 0.383 e. The normalized spacial score (nSPS) is 15.1. The lowest BCUT2D eigenvalue weighted by Gasteiger charge is -2.20. The second kappa shape index (κ2) is 4.83. The third-order valence-electron chi connectivity index (χ3n) is 2.07. The van der Waals surface area contributed by atoms with E-state index < -0.39 is 0 Å². The molecule has 0 aliphatic heterocycles. The first-order chi connectivity index (χ1) is 6.29. The number of amides is 1. The number of nitriles is 1. The van der Waals surface area contributed by atoms with Crippen LogP contribution in [-0.2, 0) is 9.53 Å². The molecule has 1 aliphatic rings. The van der Waals surface area contributed by atoms with Crippen LogP contribution in [0.3, 0.4) is 0 Å². The summed E-state index contributed by atoms with van der Waals surface area (Å²) in [7, 11) is 1.61. The molecule has 0 aromatic heterocycles. The molecule has 1 fully saturated rings. The van der Waals surface area contributed by atoms with Crippen molar-refractivity contribution in [3.63, 3.8) is 0 Å². The Morgan fingerprint density at radius 1 is 1.69 bits per heavy atom. The van der Waals surface area contributed by atoms with Crippen LogP contribution in [0.2, 0.25) is 0 Å². The van der Waals surface area contributed by atoms with Gasteiger partial charge in [0.25, 0.3) is 0 Å². The van der Waals surface area contributed by atoms with Gasteiger partial charge in [0.2, 0.25) is 5.91 Å². The van der Waals surface area contributed by atoms with E-state index in [2.05, 4.69) is 0 Å². The van der Waals surface area contributed by atoms with Crippen LogP contribution in [0, 0.1) is 11.3 Å². The van der Waals surface area contributed by atoms with Gasteiger partial charge in [-0.25, -0.2) is 0 Å². The van der Waals surface area contributed by atoms with Crippen LogP contribution in [0.4, 0.5) is 0 Å². The molecule has 0 spiro atoms. The predicted octanol–water partition coefficient (Wildman–Crippen LogP) is 0.537. The highest BCUT2D eigenvalue weighted by atomic mass is 16.5. The van der Waals surface area contributed by atoms with Crippen molar-refractivity contribution in [2.24, 2.45) is 0 Å². The molecular weight excluding hydrogens is 168 g/mol. The molecule has 0 aromatic rings. The number of nitrogens with zero attached hydrogens (tertiary/aromatic N) is 2.